The van der Waals surface area contributed by atoms with Gasteiger partial charge in [0.15, 0.2) is 0 Å². The van der Waals surface area contributed by atoms with Crippen LogP contribution in [0.2, 0.25) is 0 Å². The highest BCUT2D eigenvalue weighted by atomic mass is 35.5. The molecule has 0 spiro atoms. The van der Waals surface area contributed by atoms with Crippen molar-refractivity contribution in [3.05, 3.63) is 0 Å². The number of carbonyl (C=O) groups excluding carboxylic acids is 1. The predicted octanol–water partition coefficient (Wildman–Crippen LogP) is 1.36. The highest BCUT2D eigenvalue weighted by Crippen LogP contribution is 2.31. The van der Waals surface area contributed by atoms with E-state index in [0.717, 1.165) is 25.9 Å². The fourth-order valence-electron chi connectivity index (χ4n) is 1.63. The minimum Gasteiger partial charge on any atom is -0.469 e. The van der Waals surface area contributed by atoms with Crippen LogP contribution < -0.4 is 5.32 Å². The highest BCUT2D eigenvalue weighted by Gasteiger charge is 2.29. The molecule has 0 amide bonds. The fourth-order valence-corrected chi connectivity index (χ4v) is 1.63. The molecule has 0 atom stereocenters. The molecular formula is C9H18ClNO2. The van der Waals surface area contributed by atoms with Crippen LogP contribution >= 0.6 is 12.4 Å². The first-order valence-corrected chi connectivity index (χ1v) is 4.44. The number of hydrogen-bond donors (Lipinski definition) is 1. The third-order valence-corrected chi connectivity index (χ3v) is 2.61. The van der Waals surface area contributed by atoms with Gasteiger partial charge >= 0.3 is 5.97 Å². The van der Waals surface area contributed by atoms with Gasteiger partial charge in [-0.2, -0.15) is 0 Å². The van der Waals surface area contributed by atoms with Crippen molar-refractivity contribution in [1.29, 1.82) is 0 Å². The Balaban J connectivity index is 0.00000144. The highest BCUT2D eigenvalue weighted by molar-refractivity contribution is 5.85. The van der Waals surface area contributed by atoms with E-state index in [1.54, 1.807) is 0 Å². The van der Waals surface area contributed by atoms with Gasteiger partial charge in [-0.05, 0) is 31.3 Å². The zero-order valence-corrected chi connectivity index (χ0v) is 9.08. The van der Waals surface area contributed by atoms with Gasteiger partial charge in [-0.1, -0.05) is 6.92 Å². The number of nitrogens with one attached hydrogen (secondary N) is 1. The molecule has 1 heterocycles. The van der Waals surface area contributed by atoms with E-state index in [4.69, 9.17) is 0 Å². The number of carbonyl (C=O) groups is 1. The minimum atomic E-state index is -0.0839. The molecule has 13 heavy (non-hydrogen) atoms. The van der Waals surface area contributed by atoms with Crippen molar-refractivity contribution < 1.29 is 9.53 Å². The van der Waals surface area contributed by atoms with Gasteiger partial charge in [0.1, 0.15) is 0 Å². The van der Waals surface area contributed by atoms with Crippen molar-refractivity contribution >= 4 is 18.4 Å². The Morgan fingerprint density at radius 3 is 2.46 bits per heavy atom. The van der Waals surface area contributed by atoms with E-state index in [1.807, 2.05) is 0 Å². The standard InChI is InChI=1S/C9H17NO2.ClH/c1-9(7-8(11)12-2)3-5-10-6-4-9;/h10H,3-7H2,1-2H3;1H. The lowest BCUT2D eigenvalue weighted by molar-refractivity contribution is -0.143. The monoisotopic (exact) mass is 207 g/mol. The first kappa shape index (κ1) is 12.7. The maximum absolute atomic E-state index is 11.0. The van der Waals surface area contributed by atoms with E-state index in [0.29, 0.717) is 6.42 Å². The molecule has 1 saturated heterocycles. The summed E-state index contributed by atoms with van der Waals surface area (Å²) >= 11 is 0. The van der Waals surface area contributed by atoms with Crippen LogP contribution in [0.3, 0.4) is 0 Å². The second-order valence-electron chi connectivity index (χ2n) is 3.81. The summed E-state index contributed by atoms with van der Waals surface area (Å²) in [7, 11) is 1.45. The molecular weight excluding hydrogens is 190 g/mol. The molecule has 1 N–H and O–H groups in total. The van der Waals surface area contributed by atoms with Crippen molar-refractivity contribution in [2.75, 3.05) is 20.2 Å². The summed E-state index contributed by atoms with van der Waals surface area (Å²) in [6, 6.07) is 0. The van der Waals surface area contributed by atoms with Crippen LogP contribution in [-0.4, -0.2) is 26.2 Å². The molecule has 0 aliphatic carbocycles. The maximum atomic E-state index is 11.0. The Hall–Kier alpha value is -0.280. The molecule has 0 aromatic carbocycles. The van der Waals surface area contributed by atoms with E-state index >= 15 is 0 Å². The van der Waals surface area contributed by atoms with Gasteiger partial charge in [0, 0.05) is 0 Å². The van der Waals surface area contributed by atoms with E-state index < -0.39 is 0 Å². The third-order valence-electron chi connectivity index (χ3n) is 2.61. The van der Waals surface area contributed by atoms with Gasteiger partial charge in [-0.3, -0.25) is 4.79 Å². The van der Waals surface area contributed by atoms with Crippen LogP contribution in [0.25, 0.3) is 0 Å². The van der Waals surface area contributed by atoms with Crippen LogP contribution in [0.5, 0.6) is 0 Å². The summed E-state index contributed by atoms with van der Waals surface area (Å²) in [6.07, 6.45) is 2.70. The number of hydrogen-bond acceptors (Lipinski definition) is 3. The molecule has 0 saturated carbocycles. The summed E-state index contributed by atoms with van der Waals surface area (Å²) in [4.78, 5) is 11.0. The van der Waals surface area contributed by atoms with Gasteiger partial charge in [-0.25, -0.2) is 0 Å². The first-order chi connectivity index (χ1) is 5.66. The SMILES string of the molecule is COC(=O)CC1(C)CCNCC1.Cl. The Bertz CT molecular complexity index is 167. The lowest BCUT2D eigenvalue weighted by atomic mass is 9.78. The smallest absolute Gasteiger partial charge is 0.306 e. The van der Waals surface area contributed by atoms with Gasteiger partial charge < -0.3 is 10.1 Å². The number of methoxy groups -OCH3 is 1. The van der Waals surface area contributed by atoms with Crippen LogP contribution in [0.15, 0.2) is 0 Å². The molecule has 0 unspecified atom stereocenters. The molecule has 78 valence electrons. The Morgan fingerprint density at radius 1 is 1.46 bits per heavy atom. The van der Waals surface area contributed by atoms with Gasteiger partial charge in [0.2, 0.25) is 0 Å². The molecule has 0 bridgehead atoms. The first-order valence-electron chi connectivity index (χ1n) is 4.44. The average Bonchev–Trinajstić information content (AvgIpc) is 2.05. The molecule has 1 aliphatic heterocycles. The zero-order chi connectivity index (χ0) is 9.03. The van der Waals surface area contributed by atoms with E-state index in [9.17, 15) is 4.79 Å². The predicted molar refractivity (Wildman–Crippen MR) is 54.1 cm³/mol. The molecule has 1 aliphatic rings. The number of esters is 1. The van der Waals surface area contributed by atoms with Crippen molar-refractivity contribution in [2.24, 2.45) is 5.41 Å². The van der Waals surface area contributed by atoms with Gasteiger partial charge in [-0.15, -0.1) is 12.4 Å². The van der Waals surface area contributed by atoms with Crippen LogP contribution in [-0.2, 0) is 9.53 Å². The van der Waals surface area contributed by atoms with E-state index in [2.05, 4.69) is 17.0 Å². The number of piperidine rings is 1. The zero-order valence-electron chi connectivity index (χ0n) is 8.26. The lowest BCUT2D eigenvalue weighted by Gasteiger charge is -2.32. The Kier molecular flexibility index (Phi) is 5.33. The third kappa shape index (κ3) is 3.96. The molecule has 1 fully saturated rings. The summed E-state index contributed by atoms with van der Waals surface area (Å²) in [5, 5.41) is 3.28. The summed E-state index contributed by atoms with van der Waals surface area (Å²) in [5.74, 6) is -0.0839. The molecule has 1 rings (SSSR count). The Morgan fingerprint density at radius 2 is 2.00 bits per heavy atom. The van der Waals surface area contributed by atoms with E-state index in [1.165, 1.54) is 7.11 Å². The Labute approximate surface area is 85.6 Å². The molecule has 4 heteroatoms. The van der Waals surface area contributed by atoms with Crippen molar-refractivity contribution in [1.82, 2.24) is 5.32 Å². The van der Waals surface area contributed by atoms with Crippen molar-refractivity contribution in [3.8, 4) is 0 Å². The maximum Gasteiger partial charge on any atom is 0.306 e. The summed E-state index contributed by atoms with van der Waals surface area (Å²) < 4.78 is 4.66. The summed E-state index contributed by atoms with van der Waals surface area (Å²) in [6.45, 7) is 4.20. The minimum absolute atomic E-state index is 0. The quantitative estimate of drug-likeness (QED) is 0.695. The summed E-state index contributed by atoms with van der Waals surface area (Å²) in [5.41, 5.74) is 0.165. The number of rotatable bonds is 2. The number of halogens is 1. The molecule has 3 nitrogen and oxygen atoms in total. The lowest BCUT2D eigenvalue weighted by Crippen LogP contribution is -2.36. The average molecular weight is 208 g/mol. The second-order valence-corrected chi connectivity index (χ2v) is 3.81. The largest absolute Gasteiger partial charge is 0.469 e. The van der Waals surface area contributed by atoms with Crippen LogP contribution in [0.4, 0.5) is 0 Å². The fraction of sp³-hybridized carbons (Fsp3) is 0.889. The van der Waals surface area contributed by atoms with Crippen molar-refractivity contribution in [3.63, 3.8) is 0 Å². The molecule has 0 aromatic heterocycles. The van der Waals surface area contributed by atoms with Gasteiger partial charge in [0.05, 0.1) is 13.5 Å². The molecule has 0 radical (unpaired) electrons. The number of ether oxygens (including phenoxy) is 1. The van der Waals surface area contributed by atoms with Crippen LogP contribution in [0, 0.1) is 5.41 Å². The normalized spacial score (nSPS) is 20.2. The van der Waals surface area contributed by atoms with Crippen molar-refractivity contribution in [2.45, 2.75) is 26.2 Å². The second kappa shape index (κ2) is 5.45. The van der Waals surface area contributed by atoms with Gasteiger partial charge in [0.25, 0.3) is 0 Å². The topological polar surface area (TPSA) is 38.3 Å². The molecule has 0 aromatic rings. The van der Waals surface area contributed by atoms with E-state index in [-0.39, 0.29) is 23.8 Å². The van der Waals surface area contributed by atoms with Crippen LogP contribution in [0.1, 0.15) is 26.2 Å².